The summed E-state index contributed by atoms with van der Waals surface area (Å²) < 4.78 is 0. The van der Waals surface area contributed by atoms with Gasteiger partial charge in [0.05, 0.1) is 0 Å². The molecule has 0 bridgehead atoms. The average Bonchev–Trinajstić information content (AvgIpc) is 2.63. The quantitative estimate of drug-likeness (QED) is 0.687. The molecule has 0 aromatic heterocycles. The summed E-state index contributed by atoms with van der Waals surface area (Å²) in [6.07, 6.45) is 7.66. The van der Waals surface area contributed by atoms with E-state index >= 15 is 0 Å². The molecule has 1 unspecified atom stereocenters. The molecule has 1 aromatic rings. The van der Waals surface area contributed by atoms with E-state index in [9.17, 15) is 0 Å². The van der Waals surface area contributed by atoms with Crippen LogP contribution in [0.25, 0.3) is 0 Å². The fraction of sp³-hybridized carbons (Fsp3) is 0.286. The van der Waals surface area contributed by atoms with Gasteiger partial charge in [-0.3, -0.25) is 0 Å². The smallest absolute Gasteiger partial charge is 0.0161 e. The lowest BCUT2D eigenvalue weighted by Crippen LogP contribution is -1.92. The molecule has 2 rings (SSSR count). The molecule has 0 saturated carbocycles. The fourth-order valence-electron chi connectivity index (χ4n) is 1.98. The molecular weight excluding hydrogens is 200 g/mol. The van der Waals surface area contributed by atoms with Gasteiger partial charge < -0.3 is 0 Å². The Kier molecular flexibility index (Phi) is 3.32. The third kappa shape index (κ3) is 2.03. The zero-order valence-corrected chi connectivity index (χ0v) is 10.1. The molecule has 0 aliphatic carbocycles. The molecular formula is C14H16S. The van der Waals surface area contributed by atoms with Gasteiger partial charge in [-0.2, -0.15) is 0 Å². The monoisotopic (exact) mass is 216 g/mol. The summed E-state index contributed by atoms with van der Waals surface area (Å²) in [7, 11) is 0. The van der Waals surface area contributed by atoms with Gasteiger partial charge in [-0.15, -0.1) is 0 Å². The second-order valence-corrected chi connectivity index (χ2v) is 4.81. The number of allylic oxidation sites excluding steroid dienone is 4. The Bertz CT molecular complexity index is 402. The Labute approximate surface area is 96.1 Å². The first kappa shape index (κ1) is 10.6. The Morgan fingerprint density at radius 2 is 2.13 bits per heavy atom. The second-order valence-electron chi connectivity index (χ2n) is 3.70. The number of fused-ring (bicyclic) bond motifs is 1. The largest absolute Gasteiger partial charge is 0.0936 e. The lowest BCUT2D eigenvalue weighted by atomic mass is 9.96. The van der Waals surface area contributed by atoms with Crippen LogP contribution in [0.4, 0.5) is 0 Å². The van der Waals surface area contributed by atoms with Gasteiger partial charge in [0.1, 0.15) is 0 Å². The van der Waals surface area contributed by atoms with E-state index < -0.39 is 0 Å². The van der Waals surface area contributed by atoms with E-state index in [1.165, 1.54) is 21.8 Å². The van der Waals surface area contributed by atoms with Crippen molar-refractivity contribution in [2.45, 2.75) is 31.1 Å². The molecule has 1 aliphatic rings. The van der Waals surface area contributed by atoms with Crippen molar-refractivity contribution in [1.82, 2.24) is 0 Å². The highest BCUT2D eigenvalue weighted by Crippen LogP contribution is 2.49. The Morgan fingerprint density at radius 3 is 2.87 bits per heavy atom. The van der Waals surface area contributed by atoms with Crippen LogP contribution in [-0.4, -0.2) is 0 Å². The lowest BCUT2D eigenvalue weighted by Gasteiger charge is -2.08. The Hall–Kier alpha value is -0.950. The van der Waals surface area contributed by atoms with E-state index in [2.05, 4.69) is 56.3 Å². The predicted molar refractivity (Wildman–Crippen MR) is 68.2 cm³/mol. The molecule has 0 radical (unpaired) electrons. The molecule has 1 heterocycles. The maximum Gasteiger partial charge on any atom is 0.0161 e. The second kappa shape index (κ2) is 4.71. The van der Waals surface area contributed by atoms with Crippen LogP contribution in [0.2, 0.25) is 0 Å². The SMILES string of the molecule is C/C=C\C=C1\Sc2ccccc2C1CC. The van der Waals surface area contributed by atoms with Crippen LogP contribution in [0, 0.1) is 0 Å². The van der Waals surface area contributed by atoms with Crippen LogP contribution in [-0.2, 0) is 0 Å². The minimum atomic E-state index is 0.613. The number of hydrogen-bond acceptors (Lipinski definition) is 1. The molecule has 1 heteroatoms. The topological polar surface area (TPSA) is 0 Å². The molecule has 0 fully saturated rings. The summed E-state index contributed by atoms with van der Waals surface area (Å²) >= 11 is 1.92. The van der Waals surface area contributed by atoms with Gasteiger partial charge in [-0.1, -0.05) is 55.1 Å². The summed E-state index contributed by atoms with van der Waals surface area (Å²) in [4.78, 5) is 2.91. The summed E-state index contributed by atoms with van der Waals surface area (Å²) in [6, 6.07) is 8.74. The highest BCUT2D eigenvalue weighted by Gasteiger charge is 2.25. The summed E-state index contributed by atoms with van der Waals surface area (Å²) in [6.45, 7) is 4.32. The first-order valence-corrected chi connectivity index (χ1v) is 6.28. The van der Waals surface area contributed by atoms with Gasteiger partial charge in [-0.05, 0) is 29.9 Å². The molecule has 78 valence electrons. The number of rotatable bonds is 2. The van der Waals surface area contributed by atoms with E-state index in [0.29, 0.717) is 5.92 Å². The predicted octanol–water partition coefficient (Wildman–Crippen LogP) is 4.75. The van der Waals surface area contributed by atoms with E-state index in [1.54, 1.807) is 0 Å². The molecule has 1 aromatic carbocycles. The molecule has 0 N–H and O–H groups in total. The van der Waals surface area contributed by atoms with Crippen LogP contribution >= 0.6 is 11.8 Å². The minimum absolute atomic E-state index is 0.613. The summed E-state index contributed by atoms with van der Waals surface area (Å²) in [5, 5.41) is 0. The first-order chi connectivity index (χ1) is 7.36. The van der Waals surface area contributed by atoms with Crippen LogP contribution in [0.15, 0.2) is 52.3 Å². The molecule has 1 aliphatic heterocycles. The van der Waals surface area contributed by atoms with Crippen molar-refractivity contribution in [2.75, 3.05) is 0 Å². The van der Waals surface area contributed by atoms with Gasteiger partial charge >= 0.3 is 0 Å². The Balaban J connectivity index is 2.36. The van der Waals surface area contributed by atoms with Crippen molar-refractivity contribution >= 4 is 11.8 Å². The van der Waals surface area contributed by atoms with E-state index in [0.717, 1.165) is 0 Å². The molecule has 0 spiro atoms. The van der Waals surface area contributed by atoms with Crippen molar-refractivity contribution < 1.29 is 0 Å². The van der Waals surface area contributed by atoms with Crippen molar-refractivity contribution in [3.8, 4) is 0 Å². The van der Waals surface area contributed by atoms with Crippen molar-refractivity contribution in [1.29, 1.82) is 0 Å². The van der Waals surface area contributed by atoms with Crippen molar-refractivity contribution in [2.24, 2.45) is 0 Å². The van der Waals surface area contributed by atoms with Crippen LogP contribution < -0.4 is 0 Å². The molecule has 0 nitrogen and oxygen atoms in total. The summed E-state index contributed by atoms with van der Waals surface area (Å²) in [5.41, 5.74) is 1.50. The lowest BCUT2D eigenvalue weighted by molar-refractivity contribution is 0.792. The van der Waals surface area contributed by atoms with Crippen LogP contribution in [0.5, 0.6) is 0 Å². The van der Waals surface area contributed by atoms with Gasteiger partial charge in [-0.25, -0.2) is 0 Å². The van der Waals surface area contributed by atoms with E-state index in [1.807, 2.05) is 11.8 Å². The zero-order valence-electron chi connectivity index (χ0n) is 9.23. The van der Waals surface area contributed by atoms with Gasteiger partial charge in [0, 0.05) is 10.8 Å². The van der Waals surface area contributed by atoms with Crippen molar-refractivity contribution in [3.05, 3.63) is 53.0 Å². The normalized spacial score (nSPS) is 22.5. The van der Waals surface area contributed by atoms with Crippen LogP contribution in [0.1, 0.15) is 31.7 Å². The average molecular weight is 216 g/mol. The maximum atomic E-state index is 2.26. The fourth-order valence-corrected chi connectivity index (χ4v) is 3.29. The van der Waals surface area contributed by atoms with Gasteiger partial charge in [0.15, 0.2) is 0 Å². The third-order valence-corrected chi connectivity index (χ3v) is 3.97. The molecule has 15 heavy (non-hydrogen) atoms. The molecule has 0 saturated heterocycles. The molecule has 0 amide bonds. The van der Waals surface area contributed by atoms with Crippen molar-refractivity contribution in [3.63, 3.8) is 0 Å². The standard InChI is InChI=1S/C14H16S/c1-3-5-9-13-11(4-2)12-8-6-7-10-14(12)15-13/h3,5-11H,4H2,1-2H3/b5-3-,13-9+. The van der Waals surface area contributed by atoms with E-state index in [-0.39, 0.29) is 0 Å². The van der Waals surface area contributed by atoms with Gasteiger partial charge in [0.2, 0.25) is 0 Å². The first-order valence-electron chi connectivity index (χ1n) is 5.46. The summed E-state index contributed by atoms with van der Waals surface area (Å²) in [5.74, 6) is 0.613. The van der Waals surface area contributed by atoms with Gasteiger partial charge in [0.25, 0.3) is 0 Å². The highest BCUT2D eigenvalue weighted by atomic mass is 32.2. The third-order valence-electron chi connectivity index (χ3n) is 2.73. The number of hydrogen-bond donors (Lipinski definition) is 0. The number of thioether (sulfide) groups is 1. The Morgan fingerprint density at radius 1 is 1.33 bits per heavy atom. The zero-order chi connectivity index (χ0) is 10.7. The maximum absolute atomic E-state index is 2.26. The minimum Gasteiger partial charge on any atom is -0.0936 e. The number of benzene rings is 1. The molecule has 1 atom stereocenters. The van der Waals surface area contributed by atoms with E-state index in [4.69, 9.17) is 0 Å². The van der Waals surface area contributed by atoms with Crippen LogP contribution in [0.3, 0.4) is 0 Å². The highest BCUT2D eigenvalue weighted by molar-refractivity contribution is 8.03.